The summed E-state index contributed by atoms with van der Waals surface area (Å²) in [5, 5.41) is 2.36. The van der Waals surface area contributed by atoms with E-state index in [-0.39, 0.29) is 15.4 Å². The first-order valence-corrected chi connectivity index (χ1v) is 5.61. The third kappa shape index (κ3) is 3.47. The molecular formula is C10H10BrClFNO. The van der Waals surface area contributed by atoms with Crippen LogP contribution < -0.4 is 5.32 Å². The highest BCUT2D eigenvalue weighted by molar-refractivity contribution is 9.10. The molecule has 1 amide bonds. The molecule has 1 rings (SSSR count). The quantitative estimate of drug-likeness (QED) is 0.853. The number of carbonyl (C=O) groups excluding carboxylic acids is 1. The molecule has 1 unspecified atom stereocenters. The van der Waals surface area contributed by atoms with Gasteiger partial charge in [-0.25, -0.2) is 4.39 Å². The molecule has 82 valence electrons. The Hall–Kier alpha value is -0.610. The van der Waals surface area contributed by atoms with E-state index in [1.165, 1.54) is 12.1 Å². The molecule has 0 fully saturated rings. The predicted octanol–water partition coefficient (Wildman–Crippen LogP) is 2.95. The largest absolute Gasteiger partial charge is 0.350 e. The van der Waals surface area contributed by atoms with Crippen LogP contribution in [-0.2, 0) is 0 Å². The molecule has 1 atom stereocenters. The van der Waals surface area contributed by atoms with Crippen LogP contribution in [0.2, 0.25) is 0 Å². The van der Waals surface area contributed by atoms with Crippen molar-refractivity contribution in [1.82, 2.24) is 5.32 Å². The van der Waals surface area contributed by atoms with Gasteiger partial charge in [0.25, 0.3) is 5.91 Å². The van der Waals surface area contributed by atoms with Crippen LogP contribution in [0.15, 0.2) is 22.7 Å². The highest BCUT2D eigenvalue weighted by atomic mass is 79.9. The number of carbonyl (C=O) groups is 1. The third-order valence-corrected chi connectivity index (χ3v) is 2.51. The van der Waals surface area contributed by atoms with E-state index in [1.54, 1.807) is 13.0 Å². The average Bonchev–Trinajstić information content (AvgIpc) is 2.18. The standard InChI is InChI=1S/C10H10BrClFNO/c1-6(12)5-14-10(15)7-3-2-4-8(11)9(7)13/h2-4,6H,5H2,1H3,(H,14,15). The molecule has 1 aromatic rings. The maximum Gasteiger partial charge on any atom is 0.254 e. The molecule has 0 saturated carbocycles. The Balaban J connectivity index is 2.78. The smallest absolute Gasteiger partial charge is 0.254 e. The van der Waals surface area contributed by atoms with E-state index in [2.05, 4.69) is 21.2 Å². The summed E-state index contributed by atoms with van der Waals surface area (Å²) in [6.07, 6.45) is 0. The van der Waals surface area contributed by atoms with Crippen LogP contribution >= 0.6 is 27.5 Å². The Labute approximate surface area is 101 Å². The van der Waals surface area contributed by atoms with Crippen molar-refractivity contribution in [3.05, 3.63) is 34.1 Å². The number of benzene rings is 1. The maximum atomic E-state index is 13.4. The summed E-state index contributed by atoms with van der Waals surface area (Å²) < 4.78 is 13.7. The van der Waals surface area contributed by atoms with Gasteiger partial charge in [-0.05, 0) is 35.0 Å². The molecule has 0 spiro atoms. The van der Waals surface area contributed by atoms with Crippen LogP contribution in [0.4, 0.5) is 4.39 Å². The highest BCUT2D eigenvalue weighted by Crippen LogP contribution is 2.18. The topological polar surface area (TPSA) is 29.1 Å². The van der Waals surface area contributed by atoms with Crippen LogP contribution in [0, 0.1) is 5.82 Å². The first-order chi connectivity index (χ1) is 7.02. The molecule has 1 N–H and O–H groups in total. The van der Waals surface area contributed by atoms with Crippen molar-refractivity contribution < 1.29 is 9.18 Å². The number of hydrogen-bond donors (Lipinski definition) is 1. The molecule has 0 heterocycles. The number of hydrogen-bond acceptors (Lipinski definition) is 1. The first-order valence-electron chi connectivity index (χ1n) is 4.38. The molecule has 0 aliphatic heterocycles. The van der Waals surface area contributed by atoms with E-state index < -0.39 is 11.7 Å². The Morgan fingerprint density at radius 2 is 2.33 bits per heavy atom. The number of halogens is 3. The first kappa shape index (κ1) is 12.5. The van der Waals surface area contributed by atoms with Gasteiger partial charge < -0.3 is 5.32 Å². The van der Waals surface area contributed by atoms with Crippen LogP contribution in [0.1, 0.15) is 17.3 Å². The molecule has 1 aromatic carbocycles. The van der Waals surface area contributed by atoms with Gasteiger partial charge in [-0.3, -0.25) is 4.79 Å². The SMILES string of the molecule is CC(Cl)CNC(=O)c1cccc(Br)c1F. The van der Waals surface area contributed by atoms with Crippen molar-refractivity contribution in [3.8, 4) is 0 Å². The monoisotopic (exact) mass is 293 g/mol. The molecule has 0 aromatic heterocycles. The van der Waals surface area contributed by atoms with Crippen molar-refractivity contribution in [2.45, 2.75) is 12.3 Å². The minimum Gasteiger partial charge on any atom is -0.350 e. The molecule has 0 bridgehead atoms. The second kappa shape index (κ2) is 5.47. The van der Waals surface area contributed by atoms with Crippen molar-refractivity contribution in [2.75, 3.05) is 6.54 Å². The molecule has 15 heavy (non-hydrogen) atoms. The van der Waals surface area contributed by atoms with Crippen LogP contribution in [-0.4, -0.2) is 17.8 Å². The zero-order valence-corrected chi connectivity index (χ0v) is 10.4. The predicted molar refractivity (Wildman–Crippen MR) is 61.7 cm³/mol. The molecule has 5 heteroatoms. The van der Waals surface area contributed by atoms with E-state index >= 15 is 0 Å². The van der Waals surface area contributed by atoms with Crippen molar-refractivity contribution in [3.63, 3.8) is 0 Å². The van der Waals surface area contributed by atoms with Crippen molar-refractivity contribution in [1.29, 1.82) is 0 Å². The maximum absolute atomic E-state index is 13.4. The lowest BCUT2D eigenvalue weighted by molar-refractivity contribution is 0.0949. The minimum atomic E-state index is -0.558. The van der Waals surface area contributed by atoms with Crippen molar-refractivity contribution in [2.24, 2.45) is 0 Å². The van der Waals surface area contributed by atoms with Gasteiger partial charge >= 0.3 is 0 Å². The summed E-state index contributed by atoms with van der Waals surface area (Å²) in [5.74, 6) is -1.02. The van der Waals surface area contributed by atoms with Gasteiger partial charge in [0, 0.05) is 11.9 Å². The lowest BCUT2D eigenvalue weighted by Gasteiger charge is -2.07. The Kier molecular flexibility index (Phi) is 4.54. The minimum absolute atomic E-state index is 0.0155. The van der Waals surface area contributed by atoms with Gasteiger partial charge in [0.1, 0.15) is 5.82 Å². The van der Waals surface area contributed by atoms with E-state index in [0.717, 1.165) is 0 Å². The Bertz CT molecular complexity index is 370. The average molecular weight is 295 g/mol. The fraction of sp³-hybridized carbons (Fsp3) is 0.300. The molecular weight excluding hydrogens is 284 g/mol. The summed E-state index contributed by atoms with van der Waals surface area (Å²) >= 11 is 8.68. The van der Waals surface area contributed by atoms with E-state index in [9.17, 15) is 9.18 Å². The summed E-state index contributed by atoms with van der Waals surface area (Å²) in [6, 6.07) is 4.57. The molecule has 0 saturated heterocycles. The van der Waals surface area contributed by atoms with Crippen molar-refractivity contribution >= 4 is 33.4 Å². The van der Waals surface area contributed by atoms with Gasteiger partial charge in [-0.1, -0.05) is 6.07 Å². The number of nitrogens with one attached hydrogen (secondary N) is 1. The highest BCUT2D eigenvalue weighted by Gasteiger charge is 2.13. The van der Waals surface area contributed by atoms with Gasteiger partial charge in [0.15, 0.2) is 0 Å². The van der Waals surface area contributed by atoms with E-state index in [4.69, 9.17) is 11.6 Å². The lowest BCUT2D eigenvalue weighted by atomic mass is 10.2. The van der Waals surface area contributed by atoms with Crippen LogP contribution in [0.3, 0.4) is 0 Å². The summed E-state index contributed by atoms with van der Waals surface area (Å²) in [7, 11) is 0. The summed E-state index contributed by atoms with van der Waals surface area (Å²) in [5.41, 5.74) is 0.0155. The van der Waals surface area contributed by atoms with Crippen LogP contribution in [0.25, 0.3) is 0 Å². The zero-order valence-electron chi connectivity index (χ0n) is 8.06. The van der Waals surface area contributed by atoms with Gasteiger partial charge in [0.05, 0.1) is 10.0 Å². The second-order valence-corrected chi connectivity index (χ2v) is 4.69. The van der Waals surface area contributed by atoms with Gasteiger partial charge in [-0.2, -0.15) is 0 Å². The molecule has 2 nitrogen and oxygen atoms in total. The van der Waals surface area contributed by atoms with Gasteiger partial charge in [-0.15, -0.1) is 11.6 Å². The summed E-state index contributed by atoms with van der Waals surface area (Å²) in [4.78, 5) is 11.5. The zero-order chi connectivity index (χ0) is 11.4. The lowest BCUT2D eigenvalue weighted by Crippen LogP contribution is -2.29. The summed E-state index contributed by atoms with van der Waals surface area (Å²) in [6.45, 7) is 2.06. The van der Waals surface area contributed by atoms with Crippen LogP contribution in [0.5, 0.6) is 0 Å². The normalized spacial score (nSPS) is 12.3. The fourth-order valence-electron chi connectivity index (χ4n) is 1.01. The Morgan fingerprint density at radius 1 is 1.67 bits per heavy atom. The number of alkyl halides is 1. The fourth-order valence-corrected chi connectivity index (χ4v) is 1.45. The number of rotatable bonds is 3. The van der Waals surface area contributed by atoms with Gasteiger partial charge in [0.2, 0.25) is 0 Å². The third-order valence-electron chi connectivity index (χ3n) is 1.74. The second-order valence-electron chi connectivity index (χ2n) is 3.09. The van der Waals surface area contributed by atoms with E-state index in [1.807, 2.05) is 0 Å². The molecule has 0 aliphatic carbocycles. The molecule has 0 radical (unpaired) electrons. The Morgan fingerprint density at radius 3 is 2.93 bits per heavy atom. The van der Waals surface area contributed by atoms with E-state index in [0.29, 0.717) is 6.54 Å². The number of amides is 1. The molecule has 0 aliphatic rings.